The van der Waals surface area contributed by atoms with Crippen LogP contribution in [0.4, 0.5) is 0 Å². The SMILES string of the molecule is C=C[C@H]1C[C@@H](/C=C\c2ccccc2)[C@@H]2C(=O)OC(=O)[C@@H]21. The van der Waals surface area contributed by atoms with E-state index in [4.69, 9.17) is 4.74 Å². The number of hydrogen-bond donors (Lipinski definition) is 0. The normalized spacial score (nSPS) is 32.4. The molecule has 1 aromatic rings. The Balaban J connectivity index is 1.84. The van der Waals surface area contributed by atoms with E-state index in [2.05, 4.69) is 6.58 Å². The monoisotopic (exact) mass is 268 g/mol. The van der Waals surface area contributed by atoms with Crippen molar-refractivity contribution in [3.63, 3.8) is 0 Å². The number of allylic oxidation sites excluding steroid dienone is 2. The van der Waals surface area contributed by atoms with Crippen molar-refractivity contribution in [2.24, 2.45) is 23.7 Å². The molecule has 0 spiro atoms. The van der Waals surface area contributed by atoms with Crippen molar-refractivity contribution in [2.45, 2.75) is 6.42 Å². The van der Waals surface area contributed by atoms with E-state index in [0.29, 0.717) is 0 Å². The Labute approximate surface area is 117 Å². The number of ether oxygens (including phenoxy) is 1. The molecule has 4 atom stereocenters. The lowest BCUT2D eigenvalue weighted by molar-refractivity contribution is -0.154. The maximum absolute atomic E-state index is 11.8. The number of hydrogen-bond acceptors (Lipinski definition) is 3. The second kappa shape index (κ2) is 5.08. The summed E-state index contributed by atoms with van der Waals surface area (Å²) in [6.07, 6.45) is 6.58. The highest BCUT2D eigenvalue weighted by Crippen LogP contribution is 2.47. The fraction of sp³-hybridized carbons (Fsp3) is 0.294. The van der Waals surface area contributed by atoms with Gasteiger partial charge in [0.25, 0.3) is 0 Å². The molecule has 2 fully saturated rings. The third-order valence-corrected chi connectivity index (χ3v) is 4.24. The van der Waals surface area contributed by atoms with E-state index in [1.54, 1.807) is 6.08 Å². The second-order valence-corrected chi connectivity index (χ2v) is 5.36. The molecule has 0 radical (unpaired) electrons. The van der Waals surface area contributed by atoms with Crippen molar-refractivity contribution in [3.8, 4) is 0 Å². The Morgan fingerprint density at radius 3 is 2.35 bits per heavy atom. The van der Waals surface area contributed by atoms with Gasteiger partial charge in [-0.1, -0.05) is 48.6 Å². The molecular weight excluding hydrogens is 252 g/mol. The molecule has 1 aliphatic heterocycles. The summed E-state index contributed by atoms with van der Waals surface area (Å²) in [7, 11) is 0. The van der Waals surface area contributed by atoms with Gasteiger partial charge in [0.1, 0.15) is 0 Å². The number of fused-ring (bicyclic) bond motifs is 1. The minimum atomic E-state index is -0.388. The van der Waals surface area contributed by atoms with E-state index < -0.39 is 0 Å². The van der Waals surface area contributed by atoms with Gasteiger partial charge in [-0.25, -0.2) is 0 Å². The van der Waals surface area contributed by atoms with Crippen LogP contribution in [0.1, 0.15) is 12.0 Å². The van der Waals surface area contributed by atoms with Crippen molar-refractivity contribution >= 4 is 18.0 Å². The van der Waals surface area contributed by atoms with Gasteiger partial charge in [-0.2, -0.15) is 0 Å². The molecule has 0 bridgehead atoms. The molecule has 20 heavy (non-hydrogen) atoms. The van der Waals surface area contributed by atoms with Crippen LogP contribution in [-0.4, -0.2) is 11.9 Å². The van der Waals surface area contributed by atoms with Crippen LogP contribution < -0.4 is 0 Å². The van der Waals surface area contributed by atoms with Crippen molar-refractivity contribution in [1.29, 1.82) is 0 Å². The highest BCUT2D eigenvalue weighted by molar-refractivity contribution is 5.97. The Kier molecular flexibility index (Phi) is 3.26. The van der Waals surface area contributed by atoms with Crippen molar-refractivity contribution in [1.82, 2.24) is 0 Å². The van der Waals surface area contributed by atoms with Crippen molar-refractivity contribution in [3.05, 3.63) is 54.6 Å². The minimum Gasteiger partial charge on any atom is -0.393 e. The zero-order valence-corrected chi connectivity index (χ0v) is 11.1. The van der Waals surface area contributed by atoms with Crippen LogP contribution >= 0.6 is 0 Å². The molecule has 3 nitrogen and oxygen atoms in total. The third-order valence-electron chi connectivity index (χ3n) is 4.24. The quantitative estimate of drug-likeness (QED) is 0.481. The van der Waals surface area contributed by atoms with Crippen LogP contribution in [0.15, 0.2) is 49.1 Å². The summed E-state index contributed by atoms with van der Waals surface area (Å²) < 4.78 is 4.78. The predicted molar refractivity (Wildman–Crippen MR) is 75.3 cm³/mol. The van der Waals surface area contributed by atoms with Crippen LogP contribution in [0.3, 0.4) is 0 Å². The van der Waals surface area contributed by atoms with E-state index >= 15 is 0 Å². The summed E-state index contributed by atoms with van der Waals surface area (Å²) in [6, 6.07) is 9.91. The molecule has 3 heteroatoms. The van der Waals surface area contributed by atoms with Gasteiger partial charge in [-0.15, -0.1) is 6.58 Å². The first kappa shape index (κ1) is 12.9. The topological polar surface area (TPSA) is 43.4 Å². The summed E-state index contributed by atoms with van der Waals surface area (Å²) in [6.45, 7) is 3.77. The largest absolute Gasteiger partial charge is 0.393 e. The Bertz CT molecular complexity index is 573. The highest BCUT2D eigenvalue weighted by Gasteiger charge is 2.55. The van der Waals surface area contributed by atoms with Crippen LogP contribution in [0.25, 0.3) is 6.08 Å². The average molecular weight is 268 g/mol. The van der Waals surface area contributed by atoms with Crippen LogP contribution in [0.2, 0.25) is 0 Å². The van der Waals surface area contributed by atoms with Gasteiger partial charge < -0.3 is 4.74 Å². The van der Waals surface area contributed by atoms with Gasteiger partial charge in [-0.3, -0.25) is 9.59 Å². The van der Waals surface area contributed by atoms with E-state index in [9.17, 15) is 9.59 Å². The minimum absolute atomic E-state index is 0.0318. The Hall–Kier alpha value is -2.16. The lowest BCUT2D eigenvalue weighted by Gasteiger charge is -2.08. The molecule has 0 aromatic heterocycles. The maximum Gasteiger partial charge on any atom is 0.318 e. The van der Waals surface area contributed by atoms with Gasteiger partial charge in [0.05, 0.1) is 11.8 Å². The molecule has 1 saturated heterocycles. The van der Waals surface area contributed by atoms with Crippen LogP contribution in [-0.2, 0) is 14.3 Å². The van der Waals surface area contributed by atoms with E-state index in [1.807, 2.05) is 42.5 Å². The third kappa shape index (κ3) is 2.09. The van der Waals surface area contributed by atoms with Crippen LogP contribution in [0.5, 0.6) is 0 Å². The predicted octanol–water partition coefficient (Wildman–Crippen LogP) is 2.84. The Morgan fingerprint density at radius 1 is 1.05 bits per heavy atom. The molecule has 1 saturated carbocycles. The standard InChI is InChI=1S/C17H16O3/c1-2-12-10-13(9-8-11-6-4-3-5-7-11)15-14(12)16(18)20-17(15)19/h2-9,12-15H,1,10H2/b9-8-/t12-,13+,14+,15-/m0/s1. The van der Waals surface area contributed by atoms with Gasteiger partial charge in [0.2, 0.25) is 0 Å². The van der Waals surface area contributed by atoms with Crippen molar-refractivity contribution in [2.75, 3.05) is 0 Å². The number of carbonyl (C=O) groups excluding carboxylic acids is 2. The summed E-state index contributed by atoms with van der Waals surface area (Å²) in [4.78, 5) is 23.6. The molecule has 2 aliphatic rings. The summed E-state index contributed by atoms with van der Waals surface area (Å²) in [5, 5.41) is 0. The smallest absolute Gasteiger partial charge is 0.318 e. The molecule has 3 rings (SSSR count). The number of rotatable bonds is 3. The summed E-state index contributed by atoms with van der Waals surface area (Å²) in [5.74, 6) is -1.38. The fourth-order valence-corrected chi connectivity index (χ4v) is 3.26. The maximum atomic E-state index is 11.8. The first-order valence-corrected chi connectivity index (χ1v) is 6.82. The first-order chi connectivity index (χ1) is 9.70. The van der Waals surface area contributed by atoms with Gasteiger partial charge in [0.15, 0.2) is 0 Å². The Morgan fingerprint density at radius 2 is 1.70 bits per heavy atom. The van der Waals surface area contributed by atoms with Crippen LogP contribution in [0, 0.1) is 23.7 Å². The molecular formula is C17H16O3. The lowest BCUT2D eigenvalue weighted by Crippen LogP contribution is -2.19. The molecule has 0 unspecified atom stereocenters. The number of carbonyl (C=O) groups is 2. The average Bonchev–Trinajstić information content (AvgIpc) is 2.97. The molecule has 1 aromatic carbocycles. The molecule has 1 heterocycles. The molecule has 1 aliphatic carbocycles. The fourth-order valence-electron chi connectivity index (χ4n) is 3.26. The molecule has 0 N–H and O–H groups in total. The van der Waals surface area contributed by atoms with Gasteiger partial charge >= 0.3 is 11.9 Å². The number of benzene rings is 1. The van der Waals surface area contributed by atoms with Gasteiger partial charge in [-0.05, 0) is 23.8 Å². The van der Waals surface area contributed by atoms with Gasteiger partial charge in [0, 0.05) is 0 Å². The first-order valence-electron chi connectivity index (χ1n) is 6.82. The number of cyclic esters (lactones) is 2. The summed E-state index contributed by atoms with van der Waals surface area (Å²) >= 11 is 0. The highest BCUT2D eigenvalue weighted by atomic mass is 16.6. The zero-order chi connectivity index (χ0) is 14.1. The second-order valence-electron chi connectivity index (χ2n) is 5.36. The molecule has 0 amide bonds. The van der Waals surface area contributed by atoms with Crippen molar-refractivity contribution < 1.29 is 14.3 Å². The summed E-state index contributed by atoms with van der Waals surface area (Å²) in [5.41, 5.74) is 1.09. The van der Waals surface area contributed by atoms with E-state index in [-0.39, 0.29) is 35.6 Å². The lowest BCUT2D eigenvalue weighted by atomic mass is 9.89. The number of esters is 2. The van der Waals surface area contributed by atoms with E-state index in [0.717, 1.165) is 12.0 Å². The molecule has 102 valence electrons. The zero-order valence-electron chi connectivity index (χ0n) is 11.1. The van der Waals surface area contributed by atoms with E-state index in [1.165, 1.54) is 0 Å².